The summed E-state index contributed by atoms with van der Waals surface area (Å²) in [5, 5.41) is 4.49. The van der Waals surface area contributed by atoms with Gasteiger partial charge >= 0.3 is 0 Å². The van der Waals surface area contributed by atoms with Crippen LogP contribution in [0.1, 0.15) is 12.5 Å². The second kappa shape index (κ2) is 7.91. The lowest BCUT2D eigenvalue weighted by Crippen LogP contribution is -2.52. The maximum absolute atomic E-state index is 5.33. The molecule has 0 unspecified atom stereocenters. The van der Waals surface area contributed by atoms with Gasteiger partial charge in [0, 0.05) is 43.1 Å². The molecule has 0 radical (unpaired) electrons. The van der Waals surface area contributed by atoms with Crippen molar-refractivity contribution in [3.63, 3.8) is 0 Å². The van der Waals surface area contributed by atoms with Crippen molar-refractivity contribution in [1.29, 1.82) is 0 Å². The molecule has 1 aliphatic rings. The molecule has 1 aliphatic heterocycles. The lowest BCUT2D eigenvalue weighted by molar-refractivity contribution is 0.415. The lowest BCUT2D eigenvalue weighted by Gasteiger charge is -2.42. The van der Waals surface area contributed by atoms with Crippen LogP contribution >= 0.6 is 0 Å². The van der Waals surface area contributed by atoms with E-state index in [9.17, 15) is 0 Å². The average Bonchev–Trinajstić information content (AvgIpc) is 3.27. The third-order valence-corrected chi connectivity index (χ3v) is 5.94. The minimum Gasteiger partial charge on any atom is -0.497 e. The number of ether oxygens (including phenoxy) is 1. The number of nitrogens with zero attached hydrogens (tertiary/aromatic N) is 6. The molecule has 31 heavy (non-hydrogen) atoms. The van der Waals surface area contributed by atoms with Gasteiger partial charge in [0.1, 0.15) is 17.9 Å². The smallest absolute Gasteiger partial charge is 0.254 e. The number of rotatable bonds is 4. The molecule has 158 valence electrons. The van der Waals surface area contributed by atoms with Crippen LogP contribution in [0.15, 0.2) is 61.1 Å². The van der Waals surface area contributed by atoms with E-state index in [2.05, 4.69) is 75.1 Å². The number of anilines is 2. The quantitative estimate of drug-likeness (QED) is 0.506. The van der Waals surface area contributed by atoms with Crippen LogP contribution in [0.25, 0.3) is 16.9 Å². The van der Waals surface area contributed by atoms with Gasteiger partial charge in [0.25, 0.3) is 5.78 Å². The summed E-state index contributed by atoms with van der Waals surface area (Å²) in [6.07, 6.45) is 3.47. The average molecular weight is 415 g/mol. The fourth-order valence-electron chi connectivity index (χ4n) is 4.39. The molecule has 0 saturated carbocycles. The van der Waals surface area contributed by atoms with E-state index in [1.54, 1.807) is 13.4 Å². The number of hydrogen-bond donors (Lipinski definition) is 0. The highest BCUT2D eigenvalue weighted by Crippen LogP contribution is 2.33. The van der Waals surface area contributed by atoms with E-state index < -0.39 is 0 Å². The molecule has 1 atom stereocenters. The highest BCUT2D eigenvalue weighted by Gasteiger charge is 2.28. The summed E-state index contributed by atoms with van der Waals surface area (Å²) in [7, 11) is 1.68. The summed E-state index contributed by atoms with van der Waals surface area (Å²) >= 11 is 0. The summed E-state index contributed by atoms with van der Waals surface area (Å²) in [4.78, 5) is 13.7. The van der Waals surface area contributed by atoms with E-state index in [0.717, 1.165) is 42.3 Å². The van der Waals surface area contributed by atoms with Crippen LogP contribution in [-0.2, 0) is 0 Å². The Labute approximate surface area is 181 Å². The monoisotopic (exact) mass is 414 g/mol. The van der Waals surface area contributed by atoms with Crippen LogP contribution in [0.3, 0.4) is 0 Å². The predicted octanol–water partition coefficient (Wildman–Crippen LogP) is 3.82. The highest BCUT2D eigenvalue weighted by atomic mass is 16.5. The molecule has 0 spiro atoms. The third-order valence-electron chi connectivity index (χ3n) is 5.94. The third kappa shape index (κ3) is 3.56. The van der Waals surface area contributed by atoms with Crippen molar-refractivity contribution in [2.75, 3.05) is 36.5 Å². The zero-order valence-electron chi connectivity index (χ0n) is 18.1. The molecule has 5 rings (SSSR count). The van der Waals surface area contributed by atoms with Crippen molar-refractivity contribution in [3.05, 3.63) is 66.6 Å². The molecule has 0 amide bonds. The second-order valence-corrected chi connectivity index (χ2v) is 8.02. The van der Waals surface area contributed by atoms with Crippen molar-refractivity contribution >= 4 is 17.3 Å². The van der Waals surface area contributed by atoms with E-state index in [0.29, 0.717) is 11.8 Å². The molecule has 3 heterocycles. The van der Waals surface area contributed by atoms with Crippen LogP contribution in [0.4, 0.5) is 11.5 Å². The van der Waals surface area contributed by atoms with Gasteiger partial charge in [0.15, 0.2) is 0 Å². The number of fused-ring (bicyclic) bond motifs is 1. The predicted molar refractivity (Wildman–Crippen MR) is 123 cm³/mol. The van der Waals surface area contributed by atoms with E-state index in [-0.39, 0.29) is 0 Å². The lowest BCUT2D eigenvalue weighted by atomic mass is 10.1. The Morgan fingerprint density at radius 2 is 1.87 bits per heavy atom. The molecule has 0 aliphatic carbocycles. The van der Waals surface area contributed by atoms with Crippen LogP contribution in [0.5, 0.6) is 5.75 Å². The van der Waals surface area contributed by atoms with Crippen molar-refractivity contribution in [1.82, 2.24) is 19.6 Å². The minimum atomic E-state index is 0.353. The second-order valence-electron chi connectivity index (χ2n) is 8.02. The molecule has 1 saturated heterocycles. The van der Waals surface area contributed by atoms with Gasteiger partial charge in [-0.2, -0.15) is 14.6 Å². The van der Waals surface area contributed by atoms with E-state index in [1.165, 1.54) is 11.3 Å². The Bertz CT molecular complexity index is 1200. The number of benzene rings is 2. The van der Waals surface area contributed by atoms with Crippen LogP contribution in [-0.4, -0.2) is 52.4 Å². The van der Waals surface area contributed by atoms with Crippen LogP contribution in [0, 0.1) is 6.92 Å². The molecular formula is C24H26N6O. The van der Waals surface area contributed by atoms with Crippen molar-refractivity contribution in [2.24, 2.45) is 0 Å². The summed E-state index contributed by atoms with van der Waals surface area (Å²) in [6.45, 7) is 7.13. The molecule has 2 aromatic carbocycles. The summed E-state index contributed by atoms with van der Waals surface area (Å²) < 4.78 is 7.18. The van der Waals surface area contributed by atoms with Gasteiger partial charge in [-0.3, -0.25) is 0 Å². The van der Waals surface area contributed by atoms with Crippen molar-refractivity contribution < 1.29 is 4.74 Å². The summed E-state index contributed by atoms with van der Waals surface area (Å²) in [6, 6.07) is 17.2. The van der Waals surface area contributed by atoms with Gasteiger partial charge in [0.2, 0.25) is 0 Å². The van der Waals surface area contributed by atoms with E-state index in [1.807, 2.05) is 22.8 Å². The number of aromatic nitrogens is 4. The Balaban J connectivity index is 1.51. The zero-order valence-corrected chi connectivity index (χ0v) is 18.1. The molecule has 0 bridgehead atoms. The summed E-state index contributed by atoms with van der Waals surface area (Å²) in [5.74, 6) is 2.48. The molecule has 4 aromatic rings. The van der Waals surface area contributed by atoms with Gasteiger partial charge in [-0.25, -0.2) is 4.98 Å². The molecule has 7 heteroatoms. The fraction of sp³-hybridized carbons (Fsp3) is 0.292. The van der Waals surface area contributed by atoms with Gasteiger partial charge < -0.3 is 14.5 Å². The minimum absolute atomic E-state index is 0.353. The van der Waals surface area contributed by atoms with Gasteiger partial charge in [-0.15, -0.1) is 0 Å². The van der Waals surface area contributed by atoms with Gasteiger partial charge in [-0.1, -0.05) is 24.3 Å². The van der Waals surface area contributed by atoms with E-state index in [4.69, 9.17) is 4.74 Å². The number of aryl methyl sites for hydroxylation is 1. The first kappa shape index (κ1) is 19.4. The first-order valence-electron chi connectivity index (χ1n) is 10.6. The molecule has 2 aromatic heterocycles. The summed E-state index contributed by atoms with van der Waals surface area (Å²) in [5.41, 5.74) is 4.68. The van der Waals surface area contributed by atoms with Gasteiger partial charge in [-0.05, 0) is 49.2 Å². The Kier molecular flexibility index (Phi) is 4.94. The van der Waals surface area contributed by atoms with Crippen molar-refractivity contribution in [2.45, 2.75) is 19.9 Å². The standard InChI is InChI=1S/C24H26N6O/c1-17-5-4-6-20(13-17)29-12-11-28(15-18(29)2)23-22(14-25-24-26-16-27-30(23)24)19-7-9-21(31-3)10-8-19/h4-10,13-14,16,18H,11-12,15H2,1-3H3/t18-/m1/s1. The normalized spacial score (nSPS) is 16.7. The van der Waals surface area contributed by atoms with E-state index >= 15 is 0 Å². The number of piperazine rings is 1. The van der Waals surface area contributed by atoms with Crippen molar-refractivity contribution in [3.8, 4) is 16.9 Å². The molecular weight excluding hydrogens is 388 g/mol. The Morgan fingerprint density at radius 3 is 2.61 bits per heavy atom. The molecule has 1 fully saturated rings. The van der Waals surface area contributed by atoms with Gasteiger partial charge in [0.05, 0.1) is 7.11 Å². The molecule has 0 N–H and O–H groups in total. The first-order valence-corrected chi connectivity index (χ1v) is 10.6. The topological polar surface area (TPSA) is 58.8 Å². The largest absolute Gasteiger partial charge is 0.497 e. The zero-order chi connectivity index (χ0) is 21.4. The number of hydrogen-bond acceptors (Lipinski definition) is 6. The Hall–Kier alpha value is -3.61. The first-order chi connectivity index (χ1) is 15.1. The van der Waals surface area contributed by atoms with Crippen LogP contribution in [0.2, 0.25) is 0 Å². The SMILES string of the molecule is COc1ccc(-c2cnc3ncnn3c2N2CCN(c3cccc(C)c3)[C@H](C)C2)cc1. The van der Waals surface area contributed by atoms with Crippen LogP contribution < -0.4 is 14.5 Å². The maximum atomic E-state index is 5.33. The number of methoxy groups -OCH3 is 1. The molecule has 7 nitrogen and oxygen atoms in total. The highest BCUT2D eigenvalue weighted by molar-refractivity contribution is 5.77. The fourth-order valence-corrected chi connectivity index (χ4v) is 4.39. The maximum Gasteiger partial charge on any atom is 0.254 e. The Morgan fingerprint density at radius 1 is 1.03 bits per heavy atom.